The topological polar surface area (TPSA) is 38.0 Å². The molecule has 0 fully saturated rings. The summed E-state index contributed by atoms with van der Waals surface area (Å²) in [5, 5.41) is 8.87. The lowest BCUT2D eigenvalue weighted by Crippen LogP contribution is -1.99. The van der Waals surface area contributed by atoms with E-state index >= 15 is 0 Å². The van der Waals surface area contributed by atoms with E-state index in [1.54, 1.807) is 11.3 Å². The van der Waals surface area contributed by atoms with Crippen LogP contribution in [0.15, 0.2) is 22.1 Å². The fourth-order valence-electron chi connectivity index (χ4n) is 1.41. The molecule has 3 nitrogen and oxygen atoms in total. The molecule has 0 saturated heterocycles. The van der Waals surface area contributed by atoms with Crippen LogP contribution < -0.4 is 0 Å². The van der Waals surface area contributed by atoms with E-state index in [0.717, 1.165) is 20.2 Å². The highest BCUT2D eigenvalue weighted by atomic mass is 79.9. The van der Waals surface area contributed by atoms with Crippen molar-refractivity contribution < 1.29 is 5.11 Å². The van der Waals surface area contributed by atoms with Gasteiger partial charge in [-0.25, -0.2) is 4.98 Å². The molecule has 0 bridgehead atoms. The zero-order chi connectivity index (χ0) is 10.8. The normalized spacial score (nSPS) is 10.9. The number of halogens is 1. The summed E-state index contributed by atoms with van der Waals surface area (Å²) in [7, 11) is 1.95. The van der Waals surface area contributed by atoms with E-state index in [9.17, 15) is 0 Å². The summed E-state index contributed by atoms with van der Waals surface area (Å²) in [5.74, 6) is 0.914. The Kier molecular flexibility index (Phi) is 3.23. The number of nitrogens with zero attached hydrogens (tertiary/aromatic N) is 2. The number of aliphatic hydroxyl groups is 1. The van der Waals surface area contributed by atoms with Crippen LogP contribution in [0.25, 0.3) is 10.6 Å². The van der Waals surface area contributed by atoms with Crippen LogP contribution in [0.4, 0.5) is 0 Å². The van der Waals surface area contributed by atoms with Gasteiger partial charge in [0.15, 0.2) is 0 Å². The van der Waals surface area contributed by atoms with Gasteiger partial charge in [-0.15, -0.1) is 11.3 Å². The van der Waals surface area contributed by atoms with Gasteiger partial charge in [0.1, 0.15) is 5.82 Å². The van der Waals surface area contributed by atoms with Crippen LogP contribution in [0.1, 0.15) is 5.82 Å². The molecule has 5 heteroatoms. The van der Waals surface area contributed by atoms with E-state index in [1.165, 1.54) is 0 Å². The van der Waals surface area contributed by atoms with Crippen LogP contribution >= 0.6 is 27.3 Å². The average molecular weight is 287 g/mol. The van der Waals surface area contributed by atoms with Crippen molar-refractivity contribution in [2.45, 2.75) is 6.42 Å². The van der Waals surface area contributed by atoms with Crippen LogP contribution in [0, 0.1) is 0 Å². The first-order valence-corrected chi connectivity index (χ1v) is 6.20. The van der Waals surface area contributed by atoms with Crippen LogP contribution in [0.5, 0.6) is 0 Å². The quantitative estimate of drug-likeness (QED) is 0.941. The van der Waals surface area contributed by atoms with Gasteiger partial charge in [0.05, 0.1) is 21.0 Å². The van der Waals surface area contributed by atoms with Crippen molar-refractivity contribution in [2.24, 2.45) is 7.05 Å². The third kappa shape index (κ3) is 2.30. The van der Waals surface area contributed by atoms with Gasteiger partial charge in [0, 0.05) is 19.7 Å². The van der Waals surface area contributed by atoms with Crippen molar-refractivity contribution in [2.75, 3.05) is 6.61 Å². The Hall–Kier alpha value is -0.650. The summed E-state index contributed by atoms with van der Waals surface area (Å²) in [6.07, 6.45) is 2.59. The number of hydrogen-bond donors (Lipinski definition) is 1. The summed E-state index contributed by atoms with van der Waals surface area (Å²) in [6, 6.07) is 4.06. The van der Waals surface area contributed by atoms with Crippen molar-refractivity contribution >= 4 is 27.3 Å². The fourth-order valence-corrected chi connectivity index (χ4v) is 2.75. The van der Waals surface area contributed by atoms with E-state index in [-0.39, 0.29) is 6.61 Å². The van der Waals surface area contributed by atoms with Gasteiger partial charge in [0.25, 0.3) is 0 Å². The maximum Gasteiger partial charge on any atom is 0.111 e. The number of aliphatic hydroxyl groups excluding tert-OH is 1. The number of aromatic nitrogens is 2. The van der Waals surface area contributed by atoms with Gasteiger partial charge >= 0.3 is 0 Å². The van der Waals surface area contributed by atoms with Gasteiger partial charge in [-0.3, -0.25) is 0 Å². The molecular formula is C10H11BrN2OS. The first kappa shape index (κ1) is 10.9. The van der Waals surface area contributed by atoms with Crippen molar-refractivity contribution in [3.8, 4) is 10.6 Å². The number of rotatable bonds is 3. The standard InChI is InChI=1S/C10H11BrN2OS/c1-13-6-7(12-10(13)4-5-14)8-2-3-9(11)15-8/h2-3,6,14H,4-5H2,1H3. The van der Waals surface area contributed by atoms with Crippen LogP contribution in [-0.2, 0) is 13.5 Å². The van der Waals surface area contributed by atoms with Gasteiger partial charge < -0.3 is 9.67 Å². The van der Waals surface area contributed by atoms with E-state index < -0.39 is 0 Å². The van der Waals surface area contributed by atoms with Crippen LogP contribution in [0.2, 0.25) is 0 Å². The molecular weight excluding hydrogens is 276 g/mol. The smallest absolute Gasteiger partial charge is 0.111 e. The monoisotopic (exact) mass is 286 g/mol. The highest BCUT2D eigenvalue weighted by molar-refractivity contribution is 9.11. The van der Waals surface area contributed by atoms with E-state index in [2.05, 4.69) is 20.9 Å². The molecule has 0 amide bonds. The molecule has 0 spiro atoms. The van der Waals surface area contributed by atoms with Gasteiger partial charge in [-0.1, -0.05) is 0 Å². The lowest BCUT2D eigenvalue weighted by Gasteiger charge is -1.95. The second-order valence-corrected chi connectivity index (χ2v) is 5.69. The highest BCUT2D eigenvalue weighted by Crippen LogP contribution is 2.30. The summed E-state index contributed by atoms with van der Waals surface area (Å²) in [6.45, 7) is 0.137. The average Bonchev–Trinajstić information content (AvgIpc) is 2.75. The molecule has 0 radical (unpaired) electrons. The van der Waals surface area contributed by atoms with Gasteiger partial charge in [0.2, 0.25) is 0 Å². The summed E-state index contributed by atoms with van der Waals surface area (Å²) in [4.78, 5) is 5.62. The van der Waals surface area contributed by atoms with Crippen molar-refractivity contribution in [1.29, 1.82) is 0 Å². The SMILES string of the molecule is Cn1cc(-c2ccc(Br)s2)nc1CCO. The lowest BCUT2D eigenvalue weighted by atomic mass is 10.4. The number of hydrogen-bond acceptors (Lipinski definition) is 3. The Bertz CT molecular complexity index is 464. The summed E-state index contributed by atoms with van der Waals surface area (Å²) >= 11 is 5.09. The number of aryl methyl sites for hydroxylation is 1. The molecule has 2 heterocycles. The van der Waals surface area contributed by atoms with Crippen LogP contribution in [0.3, 0.4) is 0 Å². The molecule has 15 heavy (non-hydrogen) atoms. The minimum atomic E-state index is 0.137. The van der Waals surface area contributed by atoms with Crippen molar-refractivity contribution in [3.63, 3.8) is 0 Å². The zero-order valence-corrected chi connectivity index (χ0v) is 10.7. The van der Waals surface area contributed by atoms with E-state index in [4.69, 9.17) is 5.11 Å². The summed E-state index contributed by atoms with van der Waals surface area (Å²) < 4.78 is 3.06. The fraction of sp³-hybridized carbons (Fsp3) is 0.300. The molecule has 0 aromatic carbocycles. The van der Waals surface area contributed by atoms with E-state index in [1.807, 2.05) is 29.9 Å². The summed E-state index contributed by atoms with van der Waals surface area (Å²) in [5.41, 5.74) is 0.969. The first-order valence-electron chi connectivity index (χ1n) is 4.59. The Balaban J connectivity index is 2.33. The molecule has 2 aromatic heterocycles. The Morgan fingerprint density at radius 2 is 2.33 bits per heavy atom. The number of thiophene rings is 1. The molecule has 1 N–H and O–H groups in total. The first-order chi connectivity index (χ1) is 7.20. The maximum atomic E-state index is 8.87. The predicted molar refractivity (Wildman–Crippen MR) is 65.0 cm³/mol. The second-order valence-electron chi connectivity index (χ2n) is 3.23. The largest absolute Gasteiger partial charge is 0.396 e. The third-order valence-corrected chi connectivity index (χ3v) is 3.78. The van der Waals surface area contributed by atoms with Crippen molar-refractivity contribution in [3.05, 3.63) is 27.9 Å². The molecule has 0 atom stereocenters. The Morgan fingerprint density at radius 3 is 2.93 bits per heavy atom. The number of imidazole rings is 1. The van der Waals surface area contributed by atoms with Crippen molar-refractivity contribution in [1.82, 2.24) is 9.55 Å². The molecule has 0 aliphatic carbocycles. The molecule has 80 valence electrons. The molecule has 0 unspecified atom stereocenters. The molecule has 0 aliphatic heterocycles. The Labute approximate surface area is 101 Å². The molecule has 2 aromatic rings. The molecule has 2 rings (SSSR count). The molecule has 0 aliphatic rings. The zero-order valence-electron chi connectivity index (χ0n) is 8.27. The third-order valence-electron chi connectivity index (χ3n) is 2.13. The minimum absolute atomic E-state index is 0.137. The minimum Gasteiger partial charge on any atom is -0.396 e. The predicted octanol–water partition coefficient (Wildman–Crippen LogP) is 2.45. The van der Waals surface area contributed by atoms with Crippen LogP contribution in [-0.4, -0.2) is 21.3 Å². The lowest BCUT2D eigenvalue weighted by molar-refractivity contribution is 0.295. The van der Waals surface area contributed by atoms with Gasteiger partial charge in [-0.2, -0.15) is 0 Å². The Morgan fingerprint density at radius 1 is 1.53 bits per heavy atom. The second kappa shape index (κ2) is 4.47. The molecule has 0 saturated carbocycles. The van der Waals surface area contributed by atoms with E-state index in [0.29, 0.717) is 6.42 Å². The maximum absolute atomic E-state index is 8.87. The van der Waals surface area contributed by atoms with Gasteiger partial charge in [-0.05, 0) is 28.1 Å². The highest BCUT2D eigenvalue weighted by Gasteiger charge is 2.08.